The van der Waals surface area contributed by atoms with Crippen molar-refractivity contribution in [3.05, 3.63) is 54.0 Å². The number of nitrogens with one attached hydrogen (secondary N) is 1. The molecule has 3 aromatic rings. The predicted octanol–water partition coefficient (Wildman–Crippen LogP) is 2.61. The summed E-state index contributed by atoms with van der Waals surface area (Å²) in [5.41, 5.74) is 4.21. The summed E-state index contributed by atoms with van der Waals surface area (Å²) in [6.07, 6.45) is 8.42. The Morgan fingerprint density at radius 2 is 1.95 bits per heavy atom. The molecule has 0 fully saturated rings. The fourth-order valence-corrected chi connectivity index (χ4v) is 2.15. The Morgan fingerprint density at radius 3 is 2.70 bits per heavy atom. The summed E-state index contributed by atoms with van der Waals surface area (Å²) in [7, 11) is 0. The number of aromatic nitrogens is 4. The zero-order valence-corrected chi connectivity index (χ0v) is 11.7. The molecule has 0 saturated carbocycles. The number of rotatable bonds is 4. The van der Waals surface area contributed by atoms with E-state index in [1.807, 2.05) is 37.8 Å². The number of imidazole rings is 1. The van der Waals surface area contributed by atoms with E-state index in [1.54, 1.807) is 0 Å². The Labute approximate surface area is 117 Å². The highest BCUT2D eigenvalue weighted by molar-refractivity contribution is 5.49. The summed E-state index contributed by atoms with van der Waals surface area (Å²) < 4.78 is 2.10. The molecular weight excluding hydrogens is 250 g/mol. The van der Waals surface area contributed by atoms with Gasteiger partial charge in [-0.15, -0.1) is 0 Å². The van der Waals surface area contributed by atoms with Gasteiger partial charge in [-0.2, -0.15) is 0 Å². The van der Waals surface area contributed by atoms with Crippen LogP contribution in [-0.4, -0.2) is 19.4 Å². The highest BCUT2D eigenvalue weighted by atomic mass is 15.0. The Balaban J connectivity index is 1.78. The summed E-state index contributed by atoms with van der Waals surface area (Å²) in [5.74, 6) is 0.862. The van der Waals surface area contributed by atoms with E-state index in [0.29, 0.717) is 6.54 Å². The Morgan fingerprint density at radius 1 is 1.15 bits per heavy atom. The molecule has 0 bridgehead atoms. The van der Waals surface area contributed by atoms with E-state index in [-0.39, 0.29) is 0 Å². The van der Waals surface area contributed by atoms with Crippen molar-refractivity contribution in [3.8, 4) is 0 Å². The summed E-state index contributed by atoms with van der Waals surface area (Å²) in [6, 6.07) is 4.10. The number of hydrogen-bond acceptors (Lipinski definition) is 4. The van der Waals surface area contributed by atoms with Crippen molar-refractivity contribution in [2.24, 2.45) is 0 Å². The van der Waals surface area contributed by atoms with Crippen molar-refractivity contribution < 1.29 is 0 Å². The van der Waals surface area contributed by atoms with E-state index < -0.39 is 0 Å². The molecule has 3 rings (SSSR count). The number of fused-ring (bicyclic) bond motifs is 1. The maximum Gasteiger partial charge on any atom is 0.139 e. The minimum absolute atomic E-state index is 0.694. The van der Waals surface area contributed by atoms with Crippen molar-refractivity contribution in [2.45, 2.75) is 26.8 Å². The molecule has 0 aliphatic heterocycles. The van der Waals surface area contributed by atoms with Crippen LogP contribution in [0, 0.1) is 6.92 Å². The second-order valence-electron chi connectivity index (χ2n) is 4.73. The van der Waals surface area contributed by atoms with Crippen LogP contribution in [0.25, 0.3) is 5.65 Å². The molecule has 0 amide bonds. The van der Waals surface area contributed by atoms with Crippen LogP contribution in [0.5, 0.6) is 0 Å². The summed E-state index contributed by atoms with van der Waals surface area (Å²) in [6.45, 7) is 4.81. The van der Waals surface area contributed by atoms with Crippen LogP contribution in [0.1, 0.15) is 24.0 Å². The lowest BCUT2D eigenvalue weighted by molar-refractivity contribution is 0.931. The average molecular weight is 267 g/mol. The molecule has 102 valence electrons. The van der Waals surface area contributed by atoms with Crippen molar-refractivity contribution >= 4 is 11.3 Å². The first-order valence-electron chi connectivity index (χ1n) is 6.74. The first kappa shape index (κ1) is 12.6. The first-order chi connectivity index (χ1) is 9.78. The van der Waals surface area contributed by atoms with Crippen LogP contribution in [0.3, 0.4) is 0 Å². The topological polar surface area (TPSA) is 55.1 Å². The number of anilines is 1. The van der Waals surface area contributed by atoms with Gasteiger partial charge in [0.1, 0.15) is 11.5 Å². The van der Waals surface area contributed by atoms with Gasteiger partial charge in [0.05, 0.1) is 36.5 Å². The van der Waals surface area contributed by atoms with Gasteiger partial charge in [0.15, 0.2) is 0 Å². The third kappa shape index (κ3) is 2.34. The van der Waals surface area contributed by atoms with Gasteiger partial charge in [0.25, 0.3) is 0 Å². The molecule has 0 unspecified atom stereocenters. The van der Waals surface area contributed by atoms with Crippen LogP contribution in [0.4, 0.5) is 5.69 Å². The number of nitrogens with zero attached hydrogens (tertiary/aromatic N) is 4. The lowest BCUT2D eigenvalue weighted by Gasteiger charge is -2.06. The van der Waals surface area contributed by atoms with Crippen molar-refractivity contribution in [2.75, 3.05) is 5.32 Å². The van der Waals surface area contributed by atoms with Crippen LogP contribution in [0.2, 0.25) is 0 Å². The molecule has 0 aliphatic carbocycles. The third-order valence-corrected chi connectivity index (χ3v) is 3.30. The average Bonchev–Trinajstić information content (AvgIpc) is 2.90. The molecule has 20 heavy (non-hydrogen) atoms. The fraction of sp³-hybridized carbons (Fsp3) is 0.267. The maximum atomic E-state index is 4.45. The van der Waals surface area contributed by atoms with Gasteiger partial charge in [-0.3, -0.25) is 0 Å². The molecule has 3 aromatic heterocycles. The third-order valence-electron chi connectivity index (χ3n) is 3.30. The number of aryl methyl sites for hydroxylation is 2. The van der Waals surface area contributed by atoms with Crippen LogP contribution in [-0.2, 0) is 13.0 Å². The van der Waals surface area contributed by atoms with Crippen LogP contribution in [0.15, 0.2) is 36.9 Å². The first-order valence-corrected chi connectivity index (χ1v) is 6.74. The largest absolute Gasteiger partial charge is 0.377 e. The minimum atomic E-state index is 0.694. The van der Waals surface area contributed by atoms with Gasteiger partial charge in [0.2, 0.25) is 0 Å². The molecule has 0 saturated heterocycles. The van der Waals surface area contributed by atoms with E-state index in [9.17, 15) is 0 Å². The molecule has 3 heterocycles. The van der Waals surface area contributed by atoms with Crippen molar-refractivity contribution in [1.29, 1.82) is 0 Å². The molecule has 0 aromatic carbocycles. The van der Waals surface area contributed by atoms with E-state index in [2.05, 4.69) is 37.7 Å². The van der Waals surface area contributed by atoms with E-state index >= 15 is 0 Å². The summed E-state index contributed by atoms with van der Waals surface area (Å²) in [5, 5.41) is 3.32. The molecule has 0 spiro atoms. The number of pyridine rings is 1. The highest BCUT2D eigenvalue weighted by Gasteiger charge is 2.04. The smallest absolute Gasteiger partial charge is 0.139 e. The van der Waals surface area contributed by atoms with Crippen molar-refractivity contribution in [3.63, 3.8) is 0 Å². The van der Waals surface area contributed by atoms with E-state index in [0.717, 1.165) is 29.3 Å². The highest BCUT2D eigenvalue weighted by Crippen LogP contribution is 2.12. The van der Waals surface area contributed by atoms with E-state index in [1.165, 1.54) is 5.56 Å². The lowest BCUT2D eigenvalue weighted by Crippen LogP contribution is -2.04. The van der Waals surface area contributed by atoms with Gasteiger partial charge in [-0.05, 0) is 18.6 Å². The fourth-order valence-electron chi connectivity index (χ4n) is 2.15. The predicted molar refractivity (Wildman–Crippen MR) is 78.7 cm³/mol. The standard InChI is InChI=1S/C15H17N5/c1-3-14-17-7-12(8-18-14)16-9-13-10-19-15-11(2)5-4-6-20(13)15/h4-8,10,16H,3,9H2,1-2H3. The van der Waals surface area contributed by atoms with Gasteiger partial charge in [0, 0.05) is 12.6 Å². The molecule has 5 heteroatoms. The molecule has 0 atom stereocenters. The molecule has 1 N–H and O–H groups in total. The number of hydrogen-bond donors (Lipinski definition) is 1. The van der Waals surface area contributed by atoms with E-state index in [4.69, 9.17) is 0 Å². The molecule has 0 aliphatic rings. The summed E-state index contributed by atoms with van der Waals surface area (Å²) in [4.78, 5) is 13.0. The Kier molecular flexibility index (Phi) is 3.33. The zero-order valence-electron chi connectivity index (χ0n) is 11.7. The normalized spacial score (nSPS) is 10.9. The maximum absolute atomic E-state index is 4.45. The monoisotopic (exact) mass is 267 g/mol. The Bertz CT molecular complexity index is 715. The SMILES string of the molecule is CCc1ncc(NCc2cnc3c(C)cccn23)cn1. The lowest BCUT2D eigenvalue weighted by atomic mass is 10.3. The summed E-state index contributed by atoms with van der Waals surface area (Å²) >= 11 is 0. The Hall–Kier alpha value is -2.43. The van der Waals surface area contributed by atoms with Gasteiger partial charge in [-0.1, -0.05) is 13.0 Å². The van der Waals surface area contributed by atoms with Gasteiger partial charge < -0.3 is 9.72 Å². The second-order valence-corrected chi connectivity index (χ2v) is 4.73. The molecular formula is C15H17N5. The molecule has 0 radical (unpaired) electrons. The second kappa shape index (κ2) is 5.28. The van der Waals surface area contributed by atoms with Crippen LogP contribution >= 0.6 is 0 Å². The zero-order chi connectivity index (χ0) is 13.9. The quantitative estimate of drug-likeness (QED) is 0.789. The van der Waals surface area contributed by atoms with Crippen molar-refractivity contribution in [1.82, 2.24) is 19.4 Å². The van der Waals surface area contributed by atoms with Crippen LogP contribution < -0.4 is 5.32 Å². The van der Waals surface area contributed by atoms with Gasteiger partial charge >= 0.3 is 0 Å². The minimum Gasteiger partial charge on any atom is -0.377 e. The molecule has 5 nitrogen and oxygen atoms in total. The van der Waals surface area contributed by atoms with Gasteiger partial charge in [-0.25, -0.2) is 15.0 Å².